The van der Waals surface area contributed by atoms with E-state index in [4.69, 9.17) is 9.47 Å². The molecule has 1 aliphatic heterocycles. The van der Waals surface area contributed by atoms with Crippen LogP contribution in [0.5, 0.6) is 5.75 Å². The molecular weight excluding hydrogens is 286 g/mol. The third kappa shape index (κ3) is 3.24. The highest BCUT2D eigenvalue weighted by Gasteiger charge is 2.14. The Labute approximate surface area is 127 Å². The maximum absolute atomic E-state index is 11.4. The van der Waals surface area contributed by atoms with Gasteiger partial charge in [-0.25, -0.2) is 4.98 Å². The second-order valence-corrected chi connectivity index (χ2v) is 5.73. The molecule has 0 radical (unpaired) electrons. The van der Waals surface area contributed by atoms with Crippen molar-refractivity contribution in [2.24, 2.45) is 0 Å². The van der Waals surface area contributed by atoms with E-state index < -0.39 is 0 Å². The Bertz CT molecular complexity index is 651. The van der Waals surface area contributed by atoms with Crippen LogP contribution in [0, 0.1) is 0 Å². The summed E-state index contributed by atoms with van der Waals surface area (Å²) in [6.07, 6.45) is 1.97. The highest BCUT2D eigenvalue weighted by atomic mass is 32.1. The number of rotatable bonds is 5. The molecule has 2 aromatic rings. The van der Waals surface area contributed by atoms with E-state index in [0.717, 1.165) is 35.0 Å². The second kappa shape index (κ2) is 6.26. The van der Waals surface area contributed by atoms with Crippen molar-refractivity contribution in [3.8, 4) is 16.3 Å². The van der Waals surface area contributed by atoms with Gasteiger partial charge >= 0.3 is 5.97 Å². The molecule has 5 heteroatoms. The minimum absolute atomic E-state index is 0.165. The number of carbonyl (C=O) groups excluding carboxylic acids is 1. The summed E-state index contributed by atoms with van der Waals surface area (Å²) in [5, 5.41) is 3.00. The van der Waals surface area contributed by atoms with Crippen molar-refractivity contribution in [3.63, 3.8) is 0 Å². The Balaban J connectivity index is 1.68. The standard InChI is InChI=1S/C16H17NO3S/c1-2-19-15(18)6-4-13-10-21-16(17-13)12-3-5-14-11(9-12)7-8-20-14/h3,5,9-10H,2,4,6-8H2,1H3. The van der Waals surface area contributed by atoms with Gasteiger partial charge in [0, 0.05) is 23.8 Å². The number of carbonyl (C=O) groups is 1. The van der Waals surface area contributed by atoms with Crippen LogP contribution in [0.15, 0.2) is 23.6 Å². The molecule has 1 aromatic heterocycles. The molecule has 0 amide bonds. The summed E-state index contributed by atoms with van der Waals surface area (Å²) >= 11 is 1.61. The monoisotopic (exact) mass is 303 g/mol. The van der Waals surface area contributed by atoms with E-state index >= 15 is 0 Å². The zero-order chi connectivity index (χ0) is 14.7. The van der Waals surface area contributed by atoms with Crippen molar-refractivity contribution < 1.29 is 14.3 Å². The van der Waals surface area contributed by atoms with Crippen LogP contribution >= 0.6 is 11.3 Å². The molecule has 1 aromatic carbocycles. The van der Waals surface area contributed by atoms with Gasteiger partial charge in [0.15, 0.2) is 0 Å². The lowest BCUT2D eigenvalue weighted by Gasteiger charge is -2.01. The van der Waals surface area contributed by atoms with Crippen LogP contribution in [0.25, 0.3) is 10.6 Å². The van der Waals surface area contributed by atoms with Crippen LogP contribution in [0.4, 0.5) is 0 Å². The minimum Gasteiger partial charge on any atom is -0.493 e. The van der Waals surface area contributed by atoms with Gasteiger partial charge in [0.2, 0.25) is 0 Å². The van der Waals surface area contributed by atoms with E-state index in [9.17, 15) is 4.79 Å². The van der Waals surface area contributed by atoms with Crippen molar-refractivity contribution in [1.82, 2.24) is 4.98 Å². The summed E-state index contributed by atoms with van der Waals surface area (Å²) < 4.78 is 10.4. The number of hydrogen-bond donors (Lipinski definition) is 0. The Morgan fingerprint density at radius 1 is 1.48 bits per heavy atom. The van der Waals surface area contributed by atoms with E-state index in [1.54, 1.807) is 11.3 Å². The normalized spacial score (nSPS) is 12.8. The van der Waals surface area contributed by atoms with Crippen molar-refractivity contribution in [3.05, 3.63) is 34.8 Å². The van der Waals surface area contributed by atoms with Gasteiger partial charge in [-0.1, -0.05) is 0 Å². The molecule has 0 aliphatic carbocycles. The zero-order valence-electron chi connectivity index (χ0n) is 11.9. The molecule has 0 atom stereocenters. The van der Waals surface area contributed by atoms with Crippen molar-refractivity contribution in [2.45, 2.75) is 26.2 Å². The Morgan fingerprint density at radius 3 is 3.24 bits per heavy atom. The lowest BCUT2D eigenvalue weighted by atomic mass is 10.1. The van der Waals surface area contributed by atoms with E-state index in [-0.39, 0.29) is 5.97 Å². The molecule has 0 bridgehead atoms. The number of ether oxygens (including phenoxy) is 2. The average molecular weight is 303 g/mol. The molecule has 0 unspecified atom stereocenters. The fraction of sp³-hybridized carbons (Fsp3) is 0.375. The van der Waals surface area contributed by atoms with Crippen LogP contribution in [0.2, 0.25) is 0 Å². The maximum atomic E-state index is 11.4. The molecular formula is C16H17NO3S. The van der Waals surface area contributed by atoms with E-state index in [1.165, 1.54) is 5.56 Å². The van der Waals surface area contributed by atoms with Crippen molar-refractivity contribution in [1.29, 1.82) is 0 Å². The highest BCUT2D eigenvalue weighted by molar-refractivity contribution is 7.13. The summed E-state index contributed by atoms with van der Waals surface area (Å²) in [6.45, 7) is 3.01. The average Bonchev–Trinajstić information content (AvgIpc) is 3.13. The minimum atomic E-state index is -0.165. The third-order valence-corrected chi connectivity index (χ3v) is 4.32. The van der Waals surface area contributed by atoms with Gasteiger partial charge in [-0.3, -0.25) is 4.79 Å². The van der Waals surface area contributed by atoms with Crippen LogP contribution in [-0.4, -0.2) is 24.2 Å². The number of esters is 1. The molecule has 0 saturated heterocycles. The lowest BCUT2D eigenvalue weighted by molar-refractivity contribution is -0.143. The Kier molecular flexibility index (Phi) is 4.20. The van der Waals surface area contributed by atoms with Crippen molar-refractivity contribution in [2.75, 3.05) is 13.2 Å². The number of aryl methyl sites for hydroxylation is 1. The molecule has 1 aliphatic rings. The second-order valence-electron chi connectivity index (χ2n) is 4.87. The van der Waals surface area contributed by atoms with Crippen molar-refractivity contribution >= 4 is 17.3 Å². The summed E-state index contributed by atoms with van der Waals surface area (Å²) in [7, 11) is 0. The lowest BCUT2D eigenvalue weighted by Crippen LogP contribution is -2.05. The fourth-order valence-electron chi connectivity index (χ4n) is 2.34. The first kappa shape index (κ1) is 14.1. The maximum Gasteiger partial charge on any atom is 0.306 e. The number of thiazole rings is 1. The summed E-state index contributed by atoms with van der Waals surface area (Å²) in [5.41, 5.74) is 3.31. The quantitative estimate of drug-likeness (QED) is 0.796. The highest BCUT2D eigenvalue weighted by Crippen LogP contribution is 2.32. The van der Waals surface area contributed by atoms with E-state index in [0.29, 0.717) is 19.4 Å². The number of benzene rings is 1. The smallest absolute Gasteiger partial charge is 0.306 e. The molecule has 0 fully saturated rings. The number of fused-ring (bicyclic) bond motifs is 1. The van der Waals surface area contributed by atoms with E-state index in [1.807, 2.05) is 24.4 Å². The van der Waals surface area contributed by atoms with Crippen LogP contribution in [0.3, 0.4) is 0 Å². The molecule has 0 spiro atoms. The van der Waals surface area contributed by atoms with Gasteiger partial charge in [0.1, 0.15) is 10.8 Å². The van der Waals surface area contributed by atoms with Gasteiger partial charge in [-0.15, -0.1) is 11.3 Å². The van der Waals surface area contributed by atoms with E-state index in [2.05, 4.69) is 11.1 Å². The van der Waals surface area contributed by atoms with Crippen LogP contribution in [0.1, 0.15) is 24.6 Å². The molecule has 110 valence electrons. The molecule has 21 heavy (non-hydrogen) atoms. The number of nitrogens with zero attached hydrogens (tertiary/aromatic N) is 1. The molecule has 4 nitrogen and oxygen atoms in total. The largest absolute Gasteiger partial charge is 0.493 e. The van der Waals surface area contributed by atoms with Gasteiger partial charge in [0.25, 0.3) is 0 Å². The molecule has 0 saturated carbocycles. The third-order valence-electron chi connectivity index (χ3n) is 3.38. The molecule has 3 rings (SSSR count). The summed E-state index contributed by atoms with van der Waals surface area (Å²) in [5.74, 6) is 0.819. The van der Waals surface area contributed by atoms with Crippen LogP contribution in [-0.2, 0) is 22.4 Å². The Morgan fingerprint density at radius 2 is 2.38 bits per heavy atom. The number of aromatic nitrogens is 1. The first-order chi connectivity index (χ1) is 10.3. The first-order valence-electron chi connectivity index (χ1n) is 7.12. The predicted molar refractivity (Wildman–Crippen MR) is 81.7 cm³/mol. The zero-order valence-corrected chi connectivity index (χ0v) is 12.7. The van der Waals surface area contributed by atoms with Crippen LogP contribution < -0.4 is 4.74 Å². The van der Waals surface area contributed by atoms with Gasteiger partial charge in [0.05, 0.1) is 25.3 Å². The van der Waals surface area contributed by atoms with Gasteiger partial charge < -0.3 is 9.47 Å². The fourth-order valence-corrected chi connectivity index (χ4v) is 3.19. The molecule has 0 N–H and O–H groups in total. The number of hydrogen-bond acceptors (Lipinski definition) is 5. The summed E-state index contributed by atoms with van der Waals surface area (Å²) in [4.78, 5) is 16.0. The van der Waals surface area contributed by atoms with Gasteiger partial charge in [-0.05, 0) is 30.7 Å². The van der Waals surface area contributed by atoms with Gasteiger partial charge in [-0.2, -0.15) is 0 Å². The Hall–Kier alpha value is -1.88. The topological polar surface area (TPSA) is 48.4 Å². The predicted octanol–water partition coefficient (Wildman–Crippen LogP) is 3.24. The molecule has 2 heterocycles. The SMILES string of the molecule is CCOC(=O)CCc1csc(-c2ccc3c(c2)CCO3)n1. The summed E-state index contributed by atoms with van der Waals surface area (Å²) in [6, 6.07) is 6.20. The first-order valence-corrected chi connectivity index (χ1v) is 8.00.